The van der Waals surface area contributed by atoms with Gasteiger partial charge >= 0.3 is 6.03 Å². The molecule has 1 saturated carbocycles. The lowest BCUT2D eigenvalue weighted by Crippen LogP contribution is -2.34. The lowest BCUT2D eigenvalue weighted by atomic mass is 10.2. The van der Waals surface area contributed by atoms with E-state index >= 15 is 0 Å². The van der Waals surface area contributed by atoms with Gasteiger partial charge in [-0.2, -0.15) is 0 Å². The van der Waals surface area contributed by atoms with Crippen LogP contribution in [0.1, 0.15) is 35.7 Å². The van der Waals surface area contributed by atoms with E-state index in [0.29, 0.717) is 19.0 Å². The van der Waals surface area contributed by atoms with Crippen LogP contribution in [-0.4, -0.2) is 15.6 Å². The minimum Gasteiger partial charge on any atom is -0.334 e. The molecule has 0 radical (unpaired) electrons. The van der Waals surface area contributed by atoms with E-state index in [-0.39, 0.29) is 6.03 Å². The number of benzene rings is 2. The molecule has 25 heavy (non-hydrogen) atoms. The third-order valence-electron chi connectivity index (χ3n) is 4.67. The smallest absolute Gasteiger partial charge is 0.315 e. The van der Waals surface area contributed by atoms with Gasteiger partial charge in [-0.05, 0) is 36.1 Å². The number of urea groups is 1. The first kappa shape index (κ1) is 15.7. The molecule has 0 saturated heterocycles. The van der Waals surface area contributed by atoms with Gasteiger partial charge in [0.2, 0.25) is 0 Å². The highest BCUT2D eigenvalue weighted by Gasteiger charge is 2.28. The molecule has 1 fully saturated rings. The number of fused-ring (bicyclic) bond motifs is 1. The van der Waals surface area contributed by atoms with Crippen LogP contribution in [0.2, 0.25) is 0 Å². The summed E-state index contributed by atoms with van der Waals surface area (Å²) in [7, 11) is 2.08. The van der Waals surface area contributed by atoms with E-state index in [4.69, 9.17) is 4.98 Å². The van der Waals surface area contributed by atoms with E-state index < -0.39 is 0 Å². The topological polar surface area (TPSA) is 59.0 Å². The van der Waals surface area contributed by atoms with E-state index in [1.54, 1.807) is 0 Å². The second-order valence-corrected chi connectivity index (χ2v) is 6.65. The molecule has 2 aromatic carbocycles. The summed E-state index contributed by atoms with van der Waals surface area (Å²) < 4.78 is 2.19. The number of rotatable bonds is 5. The second-order valence-electron chi connectivity index (χ2n) is 6.65. The minimum atomic E-state index is -0.163. The molecule has 0 atom stereocenters. The summed E-state index contributed by atoms with van der Waals surface area (Å²) in [6.07, 6.45) is 2.49. The van der Waals surface area contributed by atoms with Crippen molar-refractivity contribution in [3.63, 3.8) is 0 Å². The Kier molecular flexibility index (Phi) is 4.14. The number of carbonyl (C=O) groups is 1. The highest BCUT2D eigenvalue weighted by atomic mass is 16.2. The fourth-order valence-electron chi connectivity index (χ4n) is 3.10. The van der Waals surface area contributed by atoms with E-state index in [2.05, 4.69) is 40.4 Å². The summed E-state index contributed by atoms with van der Waals surface area (Å²) in [5.41, 5.74) is 4.30. The summed E-state index contributed by atoms with van der Waals surface area (Å²) in [6.45, 7) is 1.02. The predicted molar refractivity (Wildman–Crippen MR) is 98.2 cm³/mol. The van der Waals surface area contributed by atoms with Crippen LogP contribution >= 0.6 is 0 Å². The lowest BCUT2D eigenvalue weighted by Gasteiger charge is -2.08. The maximum atomic E-state index is 12.0. The maximum absolute atomic E-state index is 12.0. The Morgan fingerprint density at radius 2 is 1.80 bits per heavy atom. The van der Waals surface area contributed by atoms with Gasteiger partial charge in [-0.25, -0.2) is 9.78 Å². The van der Waals surface area contributed by atoms with Crippen molar-refractivity contribution >= 4 is 17.1 Å². The van der Waals surface area contributed by atoms with Gasteiger partial charge in [-0.1, -0.05) is 36.4 Å². The van der Waals surface area contributed by atoms with Gasteiger partial charge < -0.3 is 15.2 Å². The van der Waals surface area contributed by atoms with E-state index in [9.17, 15) is 4.79 Å². The number of amides is 2. The normalized spacial score (nSPS) is 13.8. The number of nitrogens with one attached hydrogen (secondary N) is 2. The molecule has 1 aromatic heterocycles. The monoisotopic (exact) mass is 334 g/mol. The van der Waals surface area contributed by atoms with Crippen molar-refractivity contribution in [2.24, 2.45) is 7.05 Å². The van der Waals surface area contributed by atoms with Crippen LogP contribution in [0.5, 0.6) is 0 Å². The van der Waals surface area contributed by atoms with Gasteiger partial charge in [0, 0.05) is 26.1 Å². The Bertz CT molecular complexity index is 897. The summed E-state index contributed by atoms with van der Waals surface area (Å²) in [5, 5.41) is 5.78. The molecule has 5 heteroatoms. The van der Waals surface area contributed by atoms with Crippen molar-refractivity contribution in [3.8, 4) is 0 Å². The fraction of sp³-hybridized carbons (Fsp3) is 0.300. The van der Waals surface area contributed by atoms with E-state index in [1.165, 1.54) is 18.7 Å². The number of hydrogen-bond acceptors (Lipinski definition) is 2. The van der Waals surface area contributed by atoms with Gasteiger partial charge in [-0.3, -0.25) is 0 Å². The largest absolute Gasteiger partial charge is 0.334 e. The molecule has 1 aliphatic carbocycles. The Morgan fingerprint density at radius 1 is 1.08 bits per heavy atom. The highest BCUT2D eigenvalue weighted by molar-refractivity contribution is 5.78. The summed E-state index contributed by atoms with van der Waals surface area (Å²) in [6, 6.07) is 15.9. The number of hydrogen-bond donors (Lipinski definition) is 2. The van der Waals surface area contributed by atoms with Crippen molar-refractivity contribution in [3.05, 3.63) is 65.5 Å². The molecule has 0 aliphatic heterocycles. The summed E-state index contributed by atoms with van der Waals surface area (Å²) >= 11 is 0. The first-order chi connectivity index (χ1) is 12.2. The number of aromatic nitrogens is 2. The minimum absolute atomic E-state index is 0.163. The summed E-state index contributed by atoms with van der Waals surface area (Å²) in [4.78, 5) is 16.7. The van der Waals surface area contributed by atoms with Crippen LogP contribution in [0.4, 0.5) is 4.79 Å². The molecule has 0 bridgehead atoms. The number of aryl methyl sites for hydroxylation is 1. The van der Waals surface area contributed by atoms with Crippen molar-refractivity contribution in [2.45, 2.75) is 31.8 Å². The molecule has 128 valence electrons. The third-order valence-corrected chi connectivity index (χ3v) is 4.67. The quantitative estimate of drug-likeness (QED) is 0.751. The average Bonchev–Trinajstić information content (AvgIpc) is 3.43. The molecule has 0 unspecified atom stereocenters. The molecular formula is C20H22N4O. The Morgan fingerprint density at radius 3 is 2.52 bits per heavy atom. The van der Waals surface area contributed by atoms with Crippen molar-refractivity contribution in [1.82, 2.24) is 20.2 Å². The van der Waals surface area contributed by atoms with Crippen molar-refractivity contribution in [2.75, 3.05) is 0 Å². The standard InChI is InChI=1S/C20H22N4O/c1-24-18-10-7-15(11-17(18)23-19(24)16-8-9-16)13-22-20(25)21-12-14-5-3-2-4-6-14/h2-7,10-11,16H,8-9,12-13H2,1H3,(H2,21,22,25). The van der Waals surface area contributed by atoms with E-state index in [1.807, 2.05) is 30.3 Å². The van der Waals surface area contributed by atoms with Crippen LogP contribution in [0, 0.1) is 0 Å². The molecule has 5 nitrogen and oxygen atoms in total. The zero-order valence-electron chi connectivity index (χ0n) is 14.3. The first-order valence-corrected chi connectivity index (χ1v) is 8.71. The zero-order valence-corrected chi connectivity index (χ0v) is 14.3. The van der Waals surface area contributed by atoms with Crippen LogP contribution in [-0.2, 0) is 20.1 Å². The Balaban J connectivity index is 1.36. The third kappa shape index (κ3) is 3.50. The Labute approximate surface area is 147 Å². The van der Waals surface area contributed by atoms with Crippen molar-refractivity contribution < 1.29 is 4.79 Å². The van der Waals surface area contributed by atoms with Crippen LogP contribution < -0.4 is 10.6 Å². The number of carbonyl (C=O) groups excluding carboxylic acids is 1. The maximum Gasteiger partial charge on any atom is 0.315 e. The van der Waals surface area contributed by atoms with Crippen LogP contribution in [0.25, 0.3) is 11.0 Å². The van der Waals surface area contributed by atoms with Crippen molar-refractivity contribution in [1.29, 1.82) is 0 Å². The average molecular weight is 334 g/mol. The molecule has 1 heterocycles. The predicted octanol–water partition coefficient (Wildman–Crippen LogP) is 3.45. The molecular weight excluding hydrogens is 312 g/mol. The SMILES string of the molecule is Cn1c(C2CC2)nc2cc(CNC(=O)NCc3ccccc3)ccc21. The molecule has 1 aliphatic rings. The first-order valence-electron chi connectivity index (χ1n) is 8.71. The molecule has 2 N–H and O–H groups in total. The molecule has 2 amide bonds. The van der Waals surface area contributed by atoms with Gasteiger partial charge in [-0.15, -0.1) is 0 Å². The second kappa shape index (κ2) is 6.59. The molecule has 3 aromatic rings. The van der Waals surface area contributed by atoms with Crippen LogP contribution in [0.3, 0.4) is 0 Å². The van der Waals surface area contributed by atoms with Gasteiger partial charge in [0.05, 0.1) is 11.0 Å². The van der Waals surface area contributed by atoms with Gasteiger partial charge in [0.15, 0.2) is 0 Å². The van der Waals surface area contributed by atoms with Gasteiger partial charge in [0.25, 0.3) is 0 Å². The summed E-state index contributed by atoms with van der Waals surface area (Å²) in [5.74, 6) is 1.81. The zero-order chi connectivity index (χ0) is 17.2. The lowest BCUT2D eigenvalue weighted by molar-refractivity contribution is 0.240. The Hall–Kier alpha value is -2.82. The van der Waals surface area contributed by atoms with E-state index in [0.717, 1.165) is 22.2 Å². The number of nitrogens with zero attached hydrogens (tertiary/aromatic N) is 2. The molecule has 0 spiro atoms. The molecule has 4 rings (SSSR count). The fourth-order valence-corrected chi connectivity index (χ4v) is 3.10. The van der Waals surface area contributed by atoms with Gasteiger partial charge in [0.1, 0.15) is 5.82 Å². The van der Waals surface area contributed by atoms with Crippen LogP contribution in [0.15, 0.2) is 48.5 Å². The highest BCUT2D eigenvalue weighted by Crippen LogP contribution is 2.40. The number of imidazole rings is 1.